The Morgan fingerprint density at radius 3 is 2.54 bits per heavy atom. The normalized spacial score (nSPS) is 14.3. The van der Waals surface area contributed by atoms with Crippen molar-refractivity contribution in [3.63, 3.8) is 0 Å². The first-order chi connectivity index (χ1) is 19.9. The number of nitriles is 1. The first-order valence-corrected chi connectivity index (χ1v) is 15.0. The summed E-state index contributed by atoms with van der Waals surface area (Å²) >= 11 is 13.8. The van der Waals surface area contributed by atoms with Gasteiger partial charge in [0.25, 0.3) is 0 Å². The van der Waals surface area contributed by atoms with Crippen LogP contribution in [0.3, 0.4) is 0 Å². The molecule has 0 radical (unpaired) electrons. The van der Waals surface area contributed by atoms with Gasteiger partial charge in [0.15, 0.2) is 0 Å². The lowest BCUT2D eigenvalue weighted by Gasteiger charge is -2.26. The van der Waals surface area contributed by atoms with E-state index < -0.39 is 11.9 Å². The molecule has 6 nitrogen and oxygen atoms in total. The Morgan fingerprint density at radius 2 is 1.78 bits per heavy atom. The predicted molar refractivity (Wildman–Crippen MR) is 163 cm³/mol. The summed E-state index contributed by atoms with van der Waals surface area (Å²) in [6, 6.07) is 20.1. The summed E-state index contributed by atoms with van der Waals surface area (Å²) in [5.41, 5.74) is 8.08. The zero-order chi connectivity index (χ0) is 28.9. The van der Waals surface area contributed by atoms with Crippen LogP contribution in [0.25, 0.3) is 10.1 Å². The lowest BCUT2D eigenvalue weighted by Crippen LogP contribution is -2.21. The van der Waals surface area contributed by atoms with Crippen LogP contribution in [0.1, 0.15) is 65.7 Å². The van der Waals surface area contributed by atoms with Crippen molar-refractivity contribution in [3.8, 4) is 23.3 Å². The Morgan fingerprint density at radius 1 is 1.02 bits per heavy atom. The third-order valence-corrected chi connectivity index (χ3v) is 8.78. The van der Waals surface area contributed by atoms with Gasteiger partial charge in [-0.3, -0.25) is 0 Å². The molecule has 2 heterocycles. The predicted octanol–water partition coefficient (Wildman–Crippen LogP) is 8.99. The van der Waals surface area contributed by atoms with Crippen LogP contribution in [-0.4, -0.2) is 12.6 Å². The van der Waals surface area contributed by atoms with Gasteiger partial charge in [-0.25, -0.2) is 4.79 Å². The fourth-order valence-electron chi connectivity index (χ4n) is 4.82. The number of nitrogens with zero attached hydrogens (tertiary/aromatic N) is 1. The molecule has 5 rings (SSSR count). The molecule has 1 unspecified atom stereocenters. The van der Waals surface area contributed by atoms with Crippen LogP contribution in [0.4, 0.5) is 0 Å². The van der Waals surface area contributed by atoms with Gasteiger partial charge in [-0.2, -0.15) is 5.26 Å². The molecule has 0 aliphatic carbocycles. The minimum absolute atomic E-state index is 0.00492. The van der Waals surface area contributed by atoms with E-state index in [1.54, 1.807) is 36.4 Å². The standard InChI is InChI=1S/C32H28Cl2N2O4S/c1-2-3-4-5-6-15-38-21-10-7-19(8-11-21)28-23-14-12-22(17-26(23)40-31(36)25(28)18-35)39-32(37)30-29(34)24-13-9-20(33)16-27(24)41-30/h7-14,16-17,28H,2-6,15,36H2,1H3. The second kappa shape index (κ2) is 12.9. The molecule has 4 aromatic rings. The van der Waals surface area contributed by atoms with Crippen molar-refractivity contribution in [2.45, 2.75) is 44.9 Å². The number of thiophene rings is 1. The van der Waals surface area contributed by atoms with Gasteiger partial charge in [0.05, 0.1) is 17.5 Å². The average Bonchev–Trinajstić information content (AvgIpc) is 3.29. The number of rotatable bonds is 10. The number of carbonyl (C=O) groups excluding carboxylic acids is 1. The third kappa shape index (κ3) is 6.31. The summed E-state index contributed by atoms with van der Waals surface area (Å²) in [6.45, 7) is 2.87. The summed E-state index contributed by atoms with van der Waals surface area (Å²) < 4.78 is 18.1. The Labute approximate surface area is 252 Å². The van der Waals surface area contributed by atoms with E-state index in [9.17, 15) is 10.1 Å². The molecule has 0 bridgehead atoms. The van der Waals surface area contributed by atoms with Gasteiger partial charge in [0, 0.05) is 26.7 Å². The molecule has 9 heteroatoms. The van der Waals surface area contributed by atoms with E-state index in [-0.39, 0.29) is 16.5 Å². The van der Waals surface area contributed by atoms with Crippen LogP contribution in [0, 0.1) is 11.3 Å². The number of fused-ring (bicyclic) bond motifs is 2. The SMILES string of the molecule is CCCCCCCOc1ccc(C2C(C#N)=C(N)Oc3cc(OC(=O)c4sc5cc(Cl)ccc5c4Cl)ccc32)cc1. The summed E-state index contributed by atoms with van der Waals surface area (Å²) in [5, 5.41) is 11.5. The first kappa shape index (κ1) is 28.8. The summed E-state index contributed by atoms with van der Waals surface area (Å²) in [5.74, 6) is 0.398. The zero-order valence-electron chi connectivity index (χ0n) is 22.4. The topological polar surface area (TPSA) is 94.6 Å². The highest BCUT2D eigenvalue weighted by Gasteiger charge is 2.31. The molecular formula is C32H28Cl2N2O4S. The molecule has 1 aliphatic rings. The lowest BCUT2D eigenvalue weighted by molar-refractivity contribution is 0.0740. The van der Waals surface area contributed by atoms with E-state index in [1.165, 1.54) is 30.6 Å². The number of carbonyl (C=O) groups is 1. The van der Waals surface area contributed by atoms with Crippen LogP contribution < -0.4 is 19.9 Å². The Bertz CT molecular complexity index is 1660. The number of ether oxygens (including phenoxy) is 3. The number of benzene rings is 3. The molecule has 3 aromatic carbocycles. The minimum Gasteiger partial charge on any atom is -0.494 e. The summed E-state index contributed by atoms with van der Waals surface area (Å²) in [6.07, 6.45) is 5.86. The molecular weight excluding hydrogens is 579 g/mol. The molecule has 210 valence electrons. The molecule has 0 fully saturated rings. The number of allylic oxidation sites excluding steroid dienone is 1. The Hall–Kier alpha value is -3.70. The summed E-state index contributed by atoms with van der Waals surface area (Å²) in [4.78, 5) is 13.3. The van der Waals surface area contributed by atoms with Gasteiger partial charge in [0.2, 0.25) is 5.88 Å². The first-order valence-electron chi connectivity index (χ1n) is 13.4. The average molecular weight is 608 g/mol. The van der Waals surface area contributed by atoms with Crippen molar-refractivity contribution in [2.75, 3.05) is 6.61 Å². The van der Waals surface area contributed by atoms with Gasteiger partial charge in [0.1, 0.15) is 33.8 Å². The molecule has 1 aromatic heterocycles. The lowest BCUT2D eigenvalue weighted by atomic mass is 9.83. The largest absolute Gasteiger partial charge is 0.494 e. The van der Waals surface area contributed by atoms with Gasteiger partial charge in [-0.05, 0) is 42.3 Å². The van der Waals surface area contributed by atoms with Gasteiger partial charge in [-0.1, -0.05) is 80.1 Å². The van der Waals surface area contributed by atoms with Crippen molar-refractivity contribution in [1.82, 2.24) is 0 Å². The smallest absolute Gasteiger partial charge is 0.355 e. The molecule has 41 heavy (non-hydrogen) atoms. The van der Waals surface area contributed by atoms with E-state index in [2.05, 4.69) is 13.0 Å². The second-order valence-electron chi connectivity index (χ2n) is 9.73. The van der Waals surface area contributed by atoms with Crippen LogP contribution in [0.2, 0.25) is 10.0 Å². The molecule has 0 spiro atoms. The monoisotopic (exact) mass is 606 g/mol. The fourth-order valence-corrected chi connectivity index (χ4v) is 6.48. The minimum atomic E-state index is -0.596. The highest BCUT2D eigenvalue weighted by Crippen LogP contribution is 2.44. The van der Waals surface area contributed by atoms with Gasteiger partial charge >= 0.3 is 5.97 Å². The number of hydrogen-bond acceptors (Lipinski definition) is 7. The van der Waals surface area contributed by atoms with E-state index in [1.807, 2.05) is 24.3 Å². The van der Waals surface area contributed by atoms with Crippen molar-refractivity contribution < 1.29 is 19.0 Å². The number of hydrogen-bond donors (Lipinski definition) is 1. The van der Waals surface area contributed by atoms with Crippen LogP contribution >= 0.6 is 34.5 Å². The van der Waals surface area contributed by atoms with Crippen LogP contribution in [0.5, 0.6) is 17.2 Å². The van der Waals surface area contributed by atoms with E-state index in [4.69, 9.17) is 43.1 Å². The van der Waals surface area contributed by atoms with Crippen molar-refractivity contribution >= 4 is 50.6 Å². The van der Waals surface area contributed by atoms with Gasteiger partial charge < -0.3 is 19.9 Å². The molecule has 2 N–H and O–H groups in total. The summed E-state index contributed by atoms with van der Waals surface area (Å²) in [7, 11) is 0. The highest BCUT2D eigenvalue weighted by atomic mass is 35.5. The Kier molecular flexibility index (Phi) is 9.04. The maximum Gasteiger partial charge on any atom is 0.355 e. The number of nitrogens with two attached hydrogens (primary N) is 1. The fraction of sp³-hybridized carbons (Fsp3) is 0.250. The quantitative estimate of drug-likeness (QED) is 0.110. The van der Waals surface area contributed by atoms with Crippen LogP contribution in [-0.2, 0) is 0 Å². The molecule has 0 saturated heterocycles. The highest BCUT2D eigenvalue weighted by molar-refractivity contribution is 7.21. The maximum atomic E-state index is 13.0. The van der Waals surface area contributed by atoms with E-state index >= 15 is 0 Å². The molecule has 0 saturated carbocycles. The Balaban J connectivity index is 1.34. The number of unbranched alkanes of at least 4 members (excludes halogenated alkanes) is 4. The third-order valence-electron chi connectivity index (χ3n) is 6.91. The van der Waals surface area contributed by atoms with Crippen molar-refractivity contribution in [2.24, 2.45) is 5.73 Å². The zero-order valence-corrected chi connectivity index (χ0v) is 24.7. The number of esters is 1. The van der Waals surface area contributed by atoms with Crippen molar-refractivity contribution in [1.29, 1.82) is 5.26 Å². The van der Waals surface area contributed by atoms with Gasteiger partial charge in [-0.15, -0.1) is 11.3 Å². The second-order valence-corrected chi connectivity index (χ2v) is 11.6. The van der Waals surface area contributed by atoms with Crippen molar-refractivity contribution in [3.05, 3.63) is 98.2 Å². The maximum absolute atomic E-state index is 13.0. The molecule has 1 atom stereocenters. The molecule has 0 amide bonds. The van der Waals surface area contributed by atoms with E-state index in [0.29, 0.717) is 28.0 Å². The van der Waals surface area contributed by atoms with E-state index in [0.717, 1.165) is 39.8 Å². The molecule has 1 aliphatic heterocycles. The van der Waals surface area contributed by atoms with Crippen LogP contribution in [0.15, 0.2) is 72.1 Å². The number of halogens is 2.